The standard InChI is InChI=1S/C25H33N5O4/c1-2-3-12-20-29-23-24(18-10-6-7-11-19(18)28-25(23)26)30(20)15-8-4-5-9-17(31)13-14-21(32)27-16-22(33)34/h6-7,10-11H,2-5,8-9,12-16H2,1H3,(H2,26,28)(H,27,32)(H,33,34). The molecule has 0 aliphatic rings. The molecule has 3 aromatic rings. The number of carboxylic acid groups (broad SMARTS) is 1. The summed E-state index contributed by atoms with van der Waals surface area (Å²) >= 11 is 0. The first-order chi connectivity index (χ1) is 16.4. The second kappa shape index (κ2) is 12.1. The van der Waals surface area contributed by atoms with Gasteiger partial charge in [-0.15, -0.1) is 0 Å². The van der Waals surface area contributed by atoms with Gasteiger partial charge in [0.2, 0.25) is 5.91 Å². The molecule has 0 aliphatic heterocycles. The summed E-state index contributed by atoms with van der Waals surface area (Å²) < 4.78 is 2.26. The summed E-state index contributed by atoms with van der Waals surface area (Å²) in [6.45, 7) is 2.52. The van der Waals surface area contributed by atoms with Crippen LogP contribution in [0.1, 0.15) is 64.1 Å². The van der Waals surface area contributed by atoms with Crippen LogP contribution in [-0.4, -0.2) is 43.8 Å². The number of nitrogen functional groups attached to an aromatic ring is 1. The third-order valence-electron chi connectivity index (χ3n) is 5.85. The van der Waals surface area contributed by atoms with E-state index in [-0.39, 0.29) is 18.6 Å². The number of aliphatic carboxylic acids is 1. The molecule has 182 valence electrons. The van der Waals surface area contributed by atoms with Gasteiger partial charge in [0, 0.05) is 37.6 Å². The van der Waals surface area contributed by atoms with Crippen LogP contribution in [0.15, 0.2) is 24.3 Å². The van der Waals surface area contributed by atoms with Crippen molar-refractivity contribution in [3.8, 4) is 0 Å². The highest BCUT2D eigenvalue weighted by Gasteiger charge is 2.17. The molecule has 0 spiro atoms. The van der Waals surface area contributed by atoms with Gasteiger partial charge in [-0.3, -0.25) is 14.4 Å². The summed E-state index contributed by atoms with van der Waals surface area (Å²) in [4.78, 5) is 43.4. The number of fused-ring (bicyclic) bond motifs is 3. The van der Waals surface area contributed by atoms with Crippen molar-refractivity contribution in [2.24, 2.45) is 0 Å². The number of hydrogen-bond donors (Lipinski definition) is 3. The maximum Gasteiger partial charge on any atom is 0.322 e. The highest BCUT2D eigenvalue weighted by molar-refractivity contribution is 6.06. The number of aryl methyl sites for hydroxylation is 2. The van der Waals surface area contributed by atoms with E-state index < -0.39 is 18.4 Å². The Morgan fingerprint density at radius 1 is 1.03 bits per heavy atom. The Bertz CT molecular complexity index is 1170. The van der Waals surface area contributed by atoms with Crippen molar-refractivity contribution < 1.29 is 19.5 Å². The molecule has 34 heavy (non-hydrogen) atoms. The van der Waals surface area contributed by atoms with Crippen molar-refractivity contribution in [1.29, 1.82) is 0 Å². The Hall–Kier alpha value is -3.49. The molecule has 0 atom stereocenters. The van der Waals surface area contributed by atoms with Crippen LogP contribution in [0.5, 0.6) is 0 Å². The molecule has 9 nitrogen and oxygen atoms in total. The number of amides is 1. The van der Waals surface area contributed by atoms with E-state index in [1.165, 1.54) is 0 Å². The fourth-order valence-electron chi connectivity index (χ4n) is 4.08. The SMILES string of the molecule is CCCCc1nc2c(N)nc3ccccc3c2n1CCCCCC(=O)CCC(=O)NCC(=O)O. The lowest BCUT2D eigenvalue weighted by molar-refractivity contribution is -0.138. The van der Waals surface area contributed by atoms with Crippen LogP contribution in [0, 0.1) is 0 Å². The van der Waals surface area contributed by atoms with Crippen molar-refractivity contribution in [3.05, 3.63) is 30.1 Å². The highest BCUT2D eigenvalue weighted by atomic mass is 16.4. The predicted octanol–water partition coefficient (Wildman–Crippen LogP) is 3.62. The molecule has 0 saturated carbocycles. The summed E-state index contributed by atoms with van der Waals surface area (Å²) in [7, 11) is 0. The first-order valence-electron chi connectivity index (χ1n) is 11.9. The van der Waals surface area contributed by atoms with E-state index in [0.717, 1.165) is 72.8 Å². The summed E-state index contributed by atoms with van der Waals surface area (Å²) in [5.74, 6) is -0.0288. The van der Waals surface area contributed by atoms with E-state index in [4.69, 9.17) is 15.8 Å². The monoisotopic (exact) mass is 467 g/mol. The van der Waals surface area contributed by atoms with Crippen molar-refractivity contribution in [3.63, 3.8) is 0 Å². The lowest BCUT2D eigenvalue weighted by atomic mass is 10.1. The minimum Gasteiger partial charge on any atom is -0.480 e. The Labute approximate surface area is 198 Å². The number of carboxylic acids is 1. The zero-order valence-corrected chi connectivity index (χ0v) is 19.7. The summed E-state index contributed by atoms with van der Waals surface area (Å²) in [5, 5.41) is 11.9. The largest absolute Gasteiger partial charge is 0.480 e. The first kappa shape index (κ1) is 25.1. The van der Waals surface area contributed by atoms with E-state index >= 15 is 0 Å². The number of rotatable bonds is 14. The van der Waals surface area contributed by atoms with Crippen LogP contribution < -0.4 is 11.1 Å². The molecule has 0 radical (unpaired) electrons. The molecule has 2 aromatic heterocycles. The highest BCUT2D eigenvalue weighted by Crippen LogP contribution is 2.29. The van der Waals surface area contributed by atoms with Gasteiger partial charge in [0.25, 0.3) is 0 Å². The second-order valence-corrected chi connectivity index (χ2v) is 8.51. The van der Waals surface area contributed by atoms with Crippen molar-refractivity contribution >= 4 is 45.4 Å². The van der Waals surface area contributed by atoms with E-state index in [1.807, 2.05) is 18.2 Å². The number of Topliss-reactive ketones (excluding diaryl/α,β-unsaturated/α-hetero) is 1. The molecule has 0 aliphatic carbocycles. The summed E-state index contributed by atoms with van der Waals surface area (Å²) in [6, 6.07) is 7.96. The fraction of sp³-hybridized carbons (Fsp3) is 0.480. The van der Waals surface area contributed by atoms with Crippen molar-refractivity contribution in [2.75, 3.05) is 12.3 Å². The van der Waals surface area contributed by atoms with E-state index in [9.17, 15) is 14.4 Å². The van der Waals surface area contributed by atoms with Gasteiger partial charge in [0.1, 0.15) is 23.7 Å². The van der Waals surface area contributed by atoms with E-state index in [1.54, 1.807) is 0 Å². The van der Waals surface area contributed by atoms with Gasteiger partial charge >= 0.3 is 5.97 Å². The zero-order chi connectivity index (χ0) is 24.5. The van der Waals surface area contributed by atoms with Gasteiger partial charge in [-0.05, 0) is 25.3 Å². The minimum absolute atomic E-state index is 0.0204. The number of nitrogens with one attached hydrogen (secondary N) is 1. The molecular formula is C25H33N5O4. The lowest BCUT2D eigenvalue weighted by Crippen LogP contribution is -2.29. The number of ketones is 1. The number of anilines is 1. The van der Waals surface area contributed by atoms with Gasteiger partial charge < -0.3 is 20.7 Å². The number of benzene rings is 1. The minimum atomic E-state index is -1.10. The van der Waals surface area contributed by atoms with Gasteiger partial charge in [0.15, 0.2) is 5.82 Å². The van der Waals surface area contributed by atoms with Crippen LogP contribution in [0.2, 0.25) is 0 Å². The van der Waals surface area contributed by atoms with E-state index in [2.05, 4.69) is 27.9 Å². The lowest BCUT2D eigenvalue weighted by Gasteiger charge is -2.11. The van der Waals surface area contributed by atoms with Crippen LogP contribution in [0.4, 0.5) is 5.82 Å². The van der Waals surface area contributed by atoms with Crippen molar-refractivity contribution in [2.45, 2.75) is 71.3 Å². The summed E-state index contributed by atoms with van der Waals surface area (Å²) in [6.07, 6.45) is 6.10. The molecule has 4 N–H and O–H groups in total. The molecule has 0 fully saturated rings. The Kier molecular flexibility index (Phi) is 8.95. The van der Waals surface area contributed by atoms with E-state index in [0.29, 0.717) is 12.2 Å². The van der Waals surface area contributed by atoms with Gasteiger partial charge in [-0.25, -0.2) is 9.97 Å². The topological polar surface area (TPSA) is 140 Å². The number of imidazole rings is 1. The fourth-order valence-corrected chi connectivity index (χ4v) is 4.08. The number of nitrogens with zero attached hydrogens (tertiary/aromatic N) is 3. The average molecular weight is 468 g/mol. The number of carbonyl (C=O) groups excluding carboxylic acids is 2. The number of aromatic nitrogens is 3. The third kappa shape index (κ3) is 6.52. The number of carbonyl (C=O) groups is 3. The number of hydrogen-bond acceptors (Lipinski definition) is 6. The first-order valence-corrected chi connectivity index (χ1v) is 11.9. The number of pyridine rings is 1. The quantitative estimate of drug-likeness (QED) is 0.308. The smallest absolute Gasteiger partial charge is 0.322 e. The zero-order valence-electron chi connectivity index (χ0n) is 19.7. The molecule has 9 heteroatoms. The van der Waals surface area contributed by atoms with Crippen molar-refractivity contribution in [1.82, 2.24) is 19.9 Å². The number of para-hydroxylation sites is 1. The van der Waals surface area contributed by atoms with Crippen LogP contribution in [0.25, 0.3) is 21.9 Å². The second-order valence-electron chi connectivity index (χ2n) is 8.51. The molecular weight excluding hydrogens is 434 g/mol. The molecule has 0 saturated heterocycles. The number of nitrogens with two attached hydrogens (primary N) is 1. The molecule has 0 bridgehead atoms. The Balaban J connectivity index is 1.59. The van der Waals surface area contributed by atoms with Crippen LogP contribution in [-0.2, 0) is 27.3 Å². The Morgan fingerprint density at radius 2 is 1.82 bits per heavy atom. The Morgan fingerprint density at radius 3 is 2.59 bits per heavy atom. The van der Waals surface area contributed by atoms with Crippen LogP contribution >= 0.6 is 0 Å². The summed E-state index contributed by atoms with van der Waals surface area (Å²) in [5.41, 5.74) is 8.88. The molecule has 1 amide bonds. The molecule has 3 rings (SSSR count). The normalized spacial score (nSPS) is 11.2. The molecule has 2 heterocycles. The van der Waals surface area contributed by atoms with Crippen LogP contribution in [0.3, 0.4) is 0 Å². The predicted molar refractivity (Wildman–Crippen MR) is 131 cm³/mol. The maximum atomic E-state index is 12.1. The van der Waals surface area contributed by atoms with Gasteiger partial charge in [-0.2, -0.15) is 0 Å². The van der Waals surface area contributed by atoms with Gasteiger partial charge in [0.05, 0.1) is 11.0 Å². The average Bonchev–Trinajstić information content (AvgIpc) is 3.19. The number of unbranched alkanes of at least 4 members (excludes halogenated alkanes) is 3. The molecule has 1 aromatic carbocycles. The maximum absolute atomic E-state index is 12.1. The van der Waals surface area contributed by atoms with Gasteiger partial charge in [-0.1, -0.05) is 38.0 Å². The third-order valence-corrected chi connectivity index (χ3v) is 5.85. The molecule has 0 unspecified atom stereocenters.